The molecule has 3 rings (SSSR count). The number of likely N-dealkylation sites (tertiary alicyclic amines) is 1. The zero-order chi connectivity index (χ0) is 16.2. The molecule has 124 valence electrons. The average molecular weight is 319 g/mol. The molecule has 1 N–H and O–H groups in total. The Labute approximate surface area is 133 Å². The Bertz CT molecular complexity index is 743. The highest BCUT2D eigenvalue weighted by molar-refractivity contribution is 5.77. The summed E-state index contributed by atoms with van der Waals surface area (Å²) in [5, 5.41) is 13.4. The van der Waals surface area contributed by atoms with Crippen LogP contribution in [-0.2, 0) is 17.9 Å². The smallest absolute Gasteiger partial charge is 0.264 e. The largest absolute Gasteiger partial charge is 0.394 e. The van der Waals surface area contributed by atoms with E-state index in [1.165, 1.54) is 21.8 Å². The summed E-state index contributed by atoms with van der Waals surface area (Å²) in [6, 6.07) is 0. The van der Waals surface area contributed by atoms with E-state index in [1.807, 2.05) is 4.90 Å². The van der Waals surface area contributed by atoms with Crippen LogP contribution >= 0.6 is 0 Å². The van der Waals surface area contributed by atoms with Crippen LogP contribution in [0.4, 0.5) is 0 Å². The van der Waals surface area contributed by atoms with Gasteiger partial charge in [0.2, 0.25) is 5.91 Å². The van der Waals surface area contributed by atoms with Gasteiger partial charge in [-0.05, 0) is 12.8 Å². The van der Waals surface area contributed by atoms with Gasteiger partial charge in [0.15, 0.2) is 5.65 Å². The molecule has 8 nitrogen and oxygen atoms in total. The summed E-state index contributed by atoms with van der Waals surface area (Å²) >= 11 is 0. The third kappa shape index (κ3) is 3.26. The van der Waals surface area contributed by atoms with Crippen molar-refractivity contribution in [3.63, 3.8) is 0 Å². The summed E-state index contributed by atoms with van der Waals surface area (Å²) in [6.45, 7) is 1.74. The van der Waals surface area contributed by atoms with E-state index in [1.54, 1.807) is 0 Å². The van der Waals surface area contributed by atoms with Crippen molar-refractivity contribution >= 4 is 16.9 Å². The van der Waals surface area contributed by atoms with Gasteiger partial charge < -0.3 is 10.0 Å². The minimum atomic E-state index is -0.276. The van der Waals surface area contributed by atoms with Gasteiger partial charge in [-0.2, -0.15) is 5.10 Å². The van der Waals surface area contributed by atoms with E-state index in [0.29, 0.717) is 11.0 Å². The normalized spacial score (nSPS) is 15.8. The highest BCUT2D eigenvalue weighted by atomic mass is 16.3. The molecule has 0 unspecified atom stereocenters. The van der Waals surface area contributed by atoms with Gasteiger partial charge in [0.25, 0.3) is 5.56 Å². The number of carbonyl (C=O) groups excluding carboxylic acids is 1. The minimum absolute atomic E-state index is 0.00690. The van der Waals surface area contributed by atoms with E-state index in [-0.39, 0.29) is 31.2 Å². The lowest BCUT2D eigenvalue weighted by atomic mass is 10.2. The summed E-state index contributed by atoms with van der Waals surface area (Å²) in [5.74, 6) is -0.0436. The SMILES string of the molecule is O=C(Cn1cnc2c(cnn2CCO)c1=O)N1CCCCCC1. The second kappa shape index (κ2) is 6.91. The molecule has 1 fully saturated rings. The number of hydrogen-bond donors (Lipinski definition) is 1. The van der Waals surface area contributed by atoms with Gasteiger partial charge >= 0.3 is 0 Å². The summed E-state index contributed by atoms with van der Waals surface area (Å²) in [5.41, 5.74) is 0.157. The van der Waals surface area contributed by atoms with E-state index in [0.717, 1.165) is 38.8 Å². The lowest BCUT2D eigenvalue weighted by molar-refractivity contribution is -0.131. The van der Waals surface area contributed by atoms with Crippen LogP contribution in [0.2, 0.25) is 0 Å². The van der Waals surface area contributed by atoms with E-state index in [4.69, 9.17) is 5.11 Å². The fraction of sp³-hybridized carbons (Fsp3) is 0.600. The Hall–Kier alpha value is -2.22. The molecule has 23 heavy (non-hydrogen) atoms. The van der Waals surface area contributed by atoms with Gasteiger partial charge in [-0.1, -0.05) is 12.8 Å². The van der Waals surface area contributed by atoms with Crippen LogP contribution in [0.3, 0.4) is 0 Å². The first-order valence-electron chi connectivity index (χ1n) is 8.00. The maximum Gasteiger partial charge on any atom is 0.264 e. The Morgan fingerprint density at radius 2 is 1.96 bits per heavy atom. The van der Waals surface area contributed by atoms with E-state index in [9.17, 15) is 9.59 Å². The van der Waals surface area contributed by atoms with E-state index in [2.05, 4.69) is 10.1 Å². The molecule has 0 aliphatic carbocycles. The fourth-order valence-electron chi connectivity index (χ4n) is 2.93. The summed E-state index contributed by atoms with van der Waals surface area (Å²) in [6.07, 6.45) is 7.17. The van der Waals surface area contributed by atoms with Crippen molar-refractivity contribution in [2.24, 2.45) is 0 Å². The Morgan fingerprint density at radius 3 is 2.65 bits per heavy atom. The molecule has 2 aromatic heterocycles. The summed E-state index contributed by atoms with van der Waals surface area (Å²) < 4.78 is 2.82. The zero-order valence-corrected chi connectivity index (χ0v) is 13.0. The molecule has 1 amide bonds. The van der Waals surface area contributed by atoms with Gasteiger partial charge in [0.1, 0.15) is 18.3 Å². The predicted molar refractivity (Wildman–Crippen MR) is 83.9 cm³/mol. The topological polar surface area (TPSA) is 93.2 Å². The number of aromatic nitrogens is 4. The minimum Gasteiger partial charge on any atom is -0.394 e. The van der Waals surface area contributed by atoms with Crippen molar-refractivity contribution in [2.45, 2.75) is 38.8 Å². The van der Waals surface area contributed by atoms with Gasteiger partial charge in [-0.15, -0.1) is 0 Å². The first-order valence-corrected chi connectivity index (χ1v) is 8.00. The number of fused-ring (bicyclic) bond motifs is 1. The van der Waals surface area contributed by atoms with Crippen molar-refractivity contribution in [2.75, 3.05) is 19.7 Å². The van der Waals surface area contributed by atoms with Crippen LogP contribution in [0.15, 0.2) is 17.3 Å². The van der Waals surface area contributed by atoms with Crippen molar-refractivity contribution in [1.29, 1.82) is 0 Å². The van der Waals surface area contributed by atoms with Crippen molar-refractivity contribution in [3.05, 3.63) is 22.9 Å². The van der Waals surface area contributed by atoms with Crippen LogP contribution in [0.5, 0.6) is 0 Å². The number of nitrogens with zero attached hydrogens (tertiary/aromatic N) is 5. The van der Waals surface area contributed by atoms with Crippen molar-refractivity contribution in [1.82, 2.24) is 24.2 Å². The first kappa shape index (κ1) is 15.7. The average Bonchev–Trinajstić information content (AvgIpc) is 2.78. The molecule has 0 atom stereocenters. The predicted octanol–water partition coefficient (Wildman–Crippen LogP) is -0.0121. The lowest BCUT2D eigenvalue weighted by Gasteiger charge is -2.20. The van der Waals surface area contributed by atoms with Crippen molar-refractivity contribution in [3.8, 4) is 0 Å². The fourth-order valence-corrected chi connectivity index (χ4v) is 2.93. The first-order chi connectivity index (χ1) is 11.2. The molecule has 1 saturated heterocycles. The molecule has 1 aliphatic rings. The maximum absolute atomic E-state index is 12.5. The van der Waals surface area contributed by atoms with Crippen LogP contribution in [-0.4, -0.2) is 54.9 Å². The highest BCUT2D eigenvalue weighted by Crippen LogP contribution is 2.10. The zero-order valence-electron chi connectivity index (χ0n) is 13.0. The quantitative estimate of drug-likeness (QED) is 0.855. The Balaban J connectivity index is 1.81. The number of hydrogen-bond acceptors (Lipinski definition) is 5. The second-order valence-electron chi connectivity index (χ2n) is 5.80. The van der Waals surface area contributed by atoms with Gasteiger partial charge in [-0.3, -0.25) is 14.2 Å². The van der Waals surface area contributed by atoms with Crippen LogP contribution in [0.25, 0.3) is 11.0 Å². The monoisotopic (exact) mass is 319 g/mol. The van der Waals surface area contributed by atoms with Crippen molar-refractivity contribution < 1.29 is 9.90 Å². The van der Waals surface area contributed by atoms with E-state index < -0.39 is 0 Å². The molecule has 0 radical (unpaired) electrons. The molecular formula is C15H21N5O3. The summed E-state index contributed by atoms with van der Waals surface area (Å²) in [4.78, 5) is 30.9. The second-order valence-corrected chi connectivity index (χ2v) is 5.80. The molecule has 2 aromatic rings. The number of aliphatic hydroxyl groups is 1. The van der Waals surface area contributed by atoms with E-state index >= 15 is 0 Å². The Morgan fingerprint density at radius 1 is 1.22 bits per heavy atom. The lowest BCUT2D eigenvalue weighted by Crippen LogP contribution is -2.37. The van der Waals surface area contributed by atoms with Crippen LogP contribution in [0.1, 0.15) is 25.7 Å². The number of rotatable bonds is 4. The third-order valence-corrected chi connectivity index (χ3v) is 4.20. The molecule has 0 saturated carbocycles. The number of amides is 1. The molecule has 8 heteroatoms. The highest BCUT2D eigenvalue weighted by Gasteiger charge is 2.17. The maximum atomic E-state index is 12.5. The summed E-state index contributed by atoms with van der Waals surface area (Å²) in [7, 11) is 0. The molecule has 1 aliphatic heterocycles. The van der Waals surface area contributed by atoms with Crippen LogP contribution < -0.4 is 5.56 Å². The Kier molecular flexibility index (Phi) is 4.71. The molecule has 0 spiro atoms. The molecule has 0 bridgehead atoms. The number of carbonyl (C=O) groups is 1. The molecular weight excluding hydrogens is 298 g/mol. The standard InChI is InChI=1S/C15H21N5O3/c21-8-7-20-14-12(9-17-20)15(23)19(11-16-14)10-13(22)18-5-3-1-2-4-6-18/h9,11,21H,1-8,10H2. The van der Waals surface area contributed by atoms with Crippen LogP contribution in [0, 0.1) is 0 Å². The molecule has 3 heterocycles. The molecule has 0 aromatic carbocycles. The third-order valence-electron chi connectivity index (χ3n) is 4.20. The van der Waals surface area contributed by atoms with Gasteiger partial charge in [-0.25, -0.2) is 9.67 Å². The number of aliphatic hydroxyl groups excluding tert-OH is 1. The van der Waals surface area contributed by atoms with Gasteiger partial charge in [0.05, 0.1) is 19.3 Å². The van der Waals surface area contributed by atoms with Gasteiger partial charge in [0, 0.05) is 13.1 Å².